The van der Waals surface area contributed by atoms with Crippen LogP contribution in [0.25, 0.3) is 0 Å². The minimum atomic E-state index is -0.600. The van der Waals surface area contributed by atoms with Crippen molar-refractivity contribution in [3.63, 3.8) is 0 Å². The molecule has 2 saturated carbocycles. The Morgan fingerprint density at radius 2 is 1.90 bits per heavy atom. The van der Waals surface area contributed by atoms with Crippen LogP contribution in [0.4, 0.5) is 5.00 Å². The fourth-order valence-corrected chi connectivity index (χ4v) is 5.70. The first-order valence-electron chi connectivity index (χ1n) is 10.1. The number of thiophene rings is 1. The molecule has 2 aliphatic rings. The van der Waals surface area contributed by atoms with E-state index in [-0.39, 0.29) is 28.9 Å². The third-order valence-electron chi connectivity index (χ3n) is 5.88. The minimum absolute atomic E-state index is 0.170. The van der Waals surface area contributed by atoms with Gasteiger partial charge in [0.05, 0.1) is 17.0 Å². The predicted molar refractivity (Wildman–Crippen MR) is 108 cm³/mol. The molecular weight excluding hydrogens is 394 g/mol. The van der Waals surface area contributed by atoms with Crippen LogP contribution >= 0.6 is 11.3 Å². The molecule has 3 atom stereocenters. The summed E-state index contributed by atoms with van der Waals surface area (Å²) in [5.41, 5.74) is 0.647. The number of Topliss-reactive ketones (excluding diaryl/α,β-unsaturated/α-hetero) is 1. The van der Waals surface area contributed by atoms with Gasteiger partial charge in [0, 0.05) is 6.42 Å². The van der Waals surface area contributed by atoms with E-state index in [1.54, 1.807) is 13.8 Å². The number of rotatable bonds is 8. The number of ketones is 1. The number of hydrogen-bond acceptors (Lipinski definition) is 7. The van der Waals surface area contributed by atoms with Crippen LogP contribution in [-0.2, 0) is 19.1 Å². The highest BCUT2D eigenvalue weighted by atomic mass is 32.1. The van der Waals surface area contributed by atoms with E-state index >= 15 is 0 Å². The lowest BCUT2D eigenvalue weighted by Gasteiger charge is -2.20. The van der Waals surface area contributed by atoms with Gasteiger partial charge < -0.3 is 14.8 Å². The van der Waals surface area contributed by atoms with Crippen molar-refractivity contribution in [2.24, 2.45) is 17.8 Å². The number of fused-ring (bicyclic) bond motifs is 2. The molecule has 3 rings (SSSR count). The van der Waals surface area contributed by atoms with E-state index in [0.717, 1.165) is 23.7 Å². The summed E-state index contributed by atoms with van der Waals surface area (Å²) in [6, 6.07) is 0. The molecule has 0 aromatic carbocycles. The molecule has 1 amide bonds. The molecule has 7 nitrogen and oxygen atoms in total. The zero-order chi connectivity index (χ0) is 21.1. The minimum Gasteiger partial charge on any atom is -0.462 e. The Labute approximate surface area is 174 Å². The maximum Gasteiger partial charge on any atom is 0.341 e. The lowest BCUT2D eigenvalue weighted by Crippen LogP contribution is -2.23. The molecule has 0 spiro atoms. The zero-order valence-electron chi connectivity index (χ0n) is 17.0. The van der Waals surface area contributed by atoms with E-state index in [0.29, 0.717) is 28.7 Å². The summed E-state index contributed by atoms with van der Waals surface area (Å²) >= 11 is 1.02. The molecule has 2 bridgehead atoms. The lowest BCUT2D eigenvalue weighted by molar-refractivity contribution is -0.148. The molecule has 8 heteroatoms. The van der Waals surface area contributed by atoms with Crippen LogP contribution in [0.1, 0.15) is 71.5 Å². The number of ether oxygens (including phenoxy) is 2. The van der Waals surface area contributed by atoms with Crippen molar-refractivity contribution in [1.82, 2.24) is 0 Å². The summed E-state index contributed by atoms with van der Waals surface area (Å²) in [4.78, 5) is 48.9. The van der Waals surface area contributed by atoms with Crippen molar-refractivity contribution < 1.29 is 28.7 Å². The Bertz CT molecular complexity index is 829. The first-order chi connectivity index (χ1) is 13.8. The van der Waals surface area contributed by atoms with Crippen LogP contribution in [-0.4, -0.2) is 36.8 Å². The monoisotopic (exact) mass is 421 g/mol. The van der Waals surface area contributed by atoms with Crippen LogP contribution in [0.2, 0.25) is 0 Å². The van der Waals surface area contributed by atoms with Gasteiger partial charge in [0.15, 0.2) is 12.4 Å². The smallest absolute Gasteiger partial charge is 0.341 e. The van der Waals surface area contributed by atoms with Gasteiger partial charge in [-0.25, -0.2) is 4.79 Å². The highest BCUT2D eigenvalue weighted by molar-refractivity contribution is 7.18. The van der Waals surface area contributed by atoms with E-state index in [2.05, 4.69) is 5.32 Å². The number of nitrogens with one attached hydrogen (secondary N) is 1. The fourth-order valence-electron chi connectivity index (χ4n) is 4.59. The lowest BCUT2D eigenvalue weighted by atomic mass is 9.86. The molecule has 1 aromatic rings. The number of hydrogen-bond donors (Lipinski definition) is 1. The molecular formula is C21H27NO6S. The number of amides is 1. The average molecular weight is 422 g/mol. The summed E-state index contributed by atoms with van der Waals surface area (Å²) < 4.78 is 10.2. The largest absolute Gasteiger partial charge is 0.462 e. The SMILES string of the molecule is CCOC(=O)c1c(NC(=O)COC(=O)C[C@@H]2C[C@@H]3CC[C@@H]2C3)sc(C(C)=O)c1C. The van der Waals surface area contributed by atoms with Gasteiger partial charge in [-0.2, -0.15) is 0 Å². The highest BCUT2D eigenvalue weighted by Gasteiger charge is 2.40. The van der Waals surface area contributed by atoms with Gasteiger partial charge in [0.2, 0.25) is 0 Å². The van der Waals surface area contributed by atoms with Crippen LogP contribution in [0.5, 0.6) is 0 Å². The van der Waals surface area contributed by atoms with Crippen molar-refractivity contribution in [3.05, 3.63) is 16.0 Å². The molecule has 1 heterocycles. The first kappa shape index (κ1) is 21.5. The summed E-state index contributed by atoms with van der Waals surface area (Å²) in [7, 11) is 0. The zero-order valence-corrected chi connectivity index (χ0v) is 17.9. The second-order valence-electron chi connectivity index (χ2n) is 7.88. The van der Waals surface area contributed by atoms with Crippen LogP contribution in [0, 0.1) is 24.7 Å². The summed E-state index contributed by atoms with van der Waals surface area (Å²) in [6.45, 7) is 4.48. The highest BCUT2D eigenvalue weighted by Crippen LogP contribution is 2.49. The van der Waals surface area contributed by atoms with Crippen molar-refractivity contribution >= 4 is 40.0 Å². The standard InChI is InChI=1S/C21H27NO6S/c1-4-27-21(26)18-11(2)19(12(3)23)29-20(18)22-16(24)10-28-17(25)9-15-8-13-5-6-14(15)7-13/h13-15H,4-10H2,1-3H3,(H,22,24)/t13-,14-,15+/m1/s1. The Hall–Kier alpha value is -2.22. The predicted octanol–water partition coefficient (Wildman–Crippen LogP) is 3.74. The van der Waals surface area contributed by atoms with Gasteiger partial charge in [-0.1, -0.05) is 6.42 Å². The Morgan fingerprint density at radius 1 is 1.14 bits per heavy atom. The quantitative estimate of drug-likeness (QED) is 0.507. The second-order valence-corrected chi connectivity index (χ2v) is 8.91. The van der Waals surface area contributed by atoms with Gasteiger partial charge >= 0.3 is 11.9 Å². The van der Waals surface area contributed by atoms with Gasteiger partial charge in [-0.05, 0) is 63.4 Å². The maximum atomic E-state index is 12.3. The number of anilines is 1. The third-order valence-corrected chi connectivity index (χ3v) is 7.18. The van der Waals surface area contributed by atoms with Gasteiger partial charge in [-0.3, -0.25) is 14.4 Å². The molecule has 29 heavy (non-hydrogen) atoms. The van der Waals surface area contributed by atoms with Gasteiger partial charge in [0.25, 0.3) is 5.91 Å². The molecule has 1 N–H and O–H groups in total. The summed E-state index contributed by atoms with van der Waals surface area (Å²) in [5.74, 6) is 0.0294. The molecule has 1 aromatic heterocycles. The number of carbonyl (C=O) groups excluding carboxylic acids is 4. The van der Waals surface area contributed by atoms with Crippen LogP contribution in [0.3, 0.4) is 0 Å². The third kappa shape index (κ3) is 4.86. The maximum absolute atomic E-state index is 12.3. The van der Waals surface area contributed by atoms with Crippen molar-refractivity contribution in [2.75, 3.05) is 18.5 Å². The molecule has 2 fully saturated rings. The van der Waals surface area contributed by atoms with E-state index < -0.39 is 18.5 Å². The van der Waals surface area contributed by atoms with Gasteiger partial charge in [-0.15, -0.1) is 11.3 Å². The normalized spacial score (nSPS) is 22.4. The molecule has 158 valence electrons. The summed E-state index contributed by atoms with van der Waals surface area (Å²) in [6.07, 6.45) is 5.11. The molecule has 2 aliphatic carbocycles. The molecule has 0 saturated heterocycles. The Kier molecular flexibility index (Phi) is 6.72. The van der Waals surface area contributed by atoms with Crippen LogP contribution in [0.15, 0.2) is 0 Å². The van der Waals surface area contributed by atoms with Crippen molar-refractivity contribution in [2.45, 2.75) is 52.9 Å². The number of esters is 2. The van der Waals surface area contributed by atoms with E-state index in [9.17, 15) is 19.2 Å². The fraction of sp³-hybridized carbons (Fsp3) is 0.619. The van der Waals surface area contributed by atoms with E-state index in [1.807, 2.05) is 0 Å². The van der Waals surface area contributed by atoms with Crippen molar-refractivity contribution in [1.29, 1.82) is 0 Å². The Balaban J connectivity index is 1.58. The molecule has 0 radical (unpaired) electrons. The van der Waals surface area contributed by atoms with E-state index in [4.69, 9.17) is 9.47 Å². The topological polar surface area (TPSA) is 98.8 Å². The van der Waals surface area contributed by atoms with E-state index in [1.165, 1.54) is 26.2 Å². The first-order valence-corrected chi connectivity index (χ1v) is 10.9. The molecule has 0 aliphatic heterocycles. The summed E-state index contributed by atoms with van der Waals surface area (Å²) in [5, 5.41) is 2.83. The molecule has 0 unspecified atom stereocenters. The second kappa shape index (κ2) is 9.07. The van der Waals surface area contributed by atoms with Crippen molar-refractivity contribution in [3.8, 4) is 0 Å². The Morgan fingerprint density at radius 3 is 2.48 bits per heavy atom. The average Bonchev–Trinajstić information content (AvgIpc) is 3.34. The van der Waals surface area contributed by atoms with Crippen LogP contribution < -0.4 is 5.32 Å². The number of carbonyl (C=O) groups is 4. The van der Waals surface area contributed by atoms with Gasteiger partial charge in [0.1, 0.15) is 5.00 Å².